The zero-order valence-corrected chi connectivity index (χ0v) is 9.67. The maximum atomic E-state index is 11.0. The van der Waals surface area contributed by atoms with E-state index in [1.165, 1.54) is 13.3 Å². The number of hydrogen-bond donors (Lipinski definition) is 0. The van der Waals surface area contributed by atoms with Gasteiger partial charge in [-0.1, -0.05) is 11.6 Å². The summed E-state index contributed by atoms with van der Waals surface area (Å²) in [6, 6.07) is 1.57. The van der Waals surface area contributed by atoms with E-state index >= 15 is 0 Å². The highest BCUT2D eigenvalue weighted by atomic mass is 35.5. The van der Waals surface area contributed by atoms with Crippen LogP contribution < -0.4 is 4.74 Å². The molecule has 0 spiro atoms. The van der Waals surface area contributed by atoms with E-state index in [2.05, 4.69) is 21.6 Å². The fraction of sp³-hybridized carbons (Fsp3) is 0.273. The van der Waals surface area contributed by atoms with Crippen molar-refractivity contribution in [3.63, 3.8) is 0 Å². The Kier molecular flexibility index (Phi) is 4.62. The average molecular weight is 240 g/mol. The highest BCUT2D eigenvalue weighted by Gasteiger charge is 2.03. The number of halogens is 1. The molecule has 0 saturated carbocycles. The minimum atomic E-state index is -0.593. The summed E-state index contributed by atoms with van der Waals surface area (Å²) in [5, 5.41) is 0.425. The average Bonchev–Trinajstić information content (AvgIpc) is 2.27. The van der Waals surface area contributed by atoms with Gasteiger partial charge in [0.15, 0.2) is 0 Å². The lowest BCUT2D eigenvalue weighted by atomic mass is 10.3. The normalized spacial score (nSPS) is 8.94. The van der Waals surface area contributed by atoms with Gasteiger partial charge in [-0.3, -0.25) is 0 Å². The summed E-state index contributed by atoms with van der Waals surface area (Å²) in [6.45, 7) is 2.00. The molecule has 0 saturated heterocycles. The minimum Gasteiger partial charge on any atom is -0.480 e. The van der Waals surface area contributed by atoms with E-state index in [4.69, 9.17) is 16.3 Å². The van der Waals surface area contributed by atoms with Gasteiger partial charge in [0.25, 0.3) is 0 Å². The maximum absolute atomic E-state index is 11.0. The third kappa shape index (κ3) is 3.44. The smallest absolute Gasteiger partial charge is 0.384 e. The third-order valence-electron chi connectivity index (χ3n) is 1.59. The molecule has 0 bridgehead atoms. The number of nitrogens with zero attached hydrogens (tertiary/aromatic N) is 1. The molecular weight excluding hydrogens is 230 g/mol. The molecular formula is C11H10ClNO3. The van der Waals surface area contributed by atoms with Crippen LogP contribution in [0.25, 0.3) is 0 Å². The second-order valence-electron chi connectivity index (χ2n) is 2.68. The Morgan fingerprint density at radius 2 is 2.38 bits per heavy atom. The Bertz CT molecular complexity index is 448. The number of ether oxygens (including phenoxy) is 2. The zero-order valence-electron chi connectivity index (χ0n) is 8.91. The van der Waals surface area contributed by atoms with Crippen molar-refractivity contribution < 1.29 is 14.3 Å². The molecule has 0 aromatic carbocycles. The monoisotopic (exact) mass is 239 g/mol. The number of pyridine rings is 1. The molecule has 1 rings (SSSR count). The molecule has 0 aliphatic carbocycles. The van der Waals surface area contributed by atoms with Crippen molar-refractivity contribution in [2.24, 2.45) is 0 Å². The third-order valence-corrected chi connectivity index (χ3v) is 1.79. The van der Waals surface area contributed by atoms with Crippen molar-refractivity contribution in [3.8, 4) is 17.7 Å². The molecule has 4 nitrogen and oxygen atoms in total. The molecule has 1 aromatic heterocycles. The first-order valence-electron chi connectivity index (χ1n) is 4.55. The van der Waals surface area contributed by atoms with Gasteiger partial charge < -0.3 is 9.47 Å². The van der Waals surface area contributed by atoms with E-state index < -0.39 is 5.97 Å². The number of esters is 1. The van der Waals surface area contributed by atoms with Crippen LogP contribution in [-0.2, 0) is 9.53 Å². The Labute approximate surface area is 98.5 Å². The van der Waals surface area contributed by atoms with E-state index in [-0.39, 0.29) is 0 Å². The van der Waals surface area contributed by atoms with Crippen molar-refractivity contribution in [2.75, 3.05) is 13.7 Å². The van der Waals surface area contributed by atoms with E-state index in [9.17, 15) is 4.79 Å². The second-order valence-corrected chi connectivity index (χ2v) is 3.12. The van der Waals surface area contributed by atoms with Gasteiger partial charge in [-0.2, -0.15) is 0 Å². The molecule has 5 heteroatoms. The van der Waals surface area contributed by atoms with E-state index in [1.807, 2.05) is 0 Å². The summed E-state index contributed by atoms with van der Waals surface area (Å²) in [6.07, 6.45) is 1.44. The number of rotatable bonds is 2. The standard InChI is InChI=1S/C11H10ClNO3/c1-3-16-10(14)5-4-8-6-9(12)7-13-11(8)15-2/h6-7H,3H2,1-2H3. The largest absolute Gasteiger partial charge is 0.480 e. The fourth-order valence-corrected chi connectivity index (χ4v) is 1.12. The molecule has 1 aromatic rings. The molecule has 0 fully saturated rings. The first-order valence-corrected chi connectivity index (χ1v) is 4.93. The van der Waals surface area contributed by atoms with Crippen molar-refractivity contribution in [2.45, 2.75) is 6.92 Å². The SMILES string of the molecule is CCOC(=O)C#Cc1cc(Cl)cnc1OC. The first-order chi connectivity index (χ1) is 7.67. The second kappa shape index (κ2) is 5.99. The van der Waals surface area contributed by atoms with Crippen LogP contribution in [-0.4, -0.2) is 24.7 Å². The highest BCUT2D eigenvalue weighted by molar-refractivity contribution is 6.30. The predicted octanol–water partition coefficient (Wildman–Crippen LogP) is 1.66. The number of carbonyl (C=O) groups excluding carboxylic acids is 1. The van der Waals surface area contributed by atoms with Crippen LogP contribution in [0.2, 0.25) is 5.02 Å². The van der Waals surface area contributed by atoms with Gasteiger partial charge in [-0.15, -0.1) is 0 Å². The van der Waals surface area contributed by atoms with Crippen molar-refractivity contribution >= 4 is 17.6 Å². The van der Waals surface area contributed by atoms with Gasteiger partial charge in [-0.05, 0) is 18.9 Å². The van der Waals surface area contributed by atoms with Crippen LogP contribution in [0.5, 0.6) is 5.88 Å². The zero-order chi connectivity index (χ0) is 12.0. The van der Waals surface area contributed by atoms with E-state index in [0.29, 0.717) is 23.1 Å². The predicted molar refractivity (Wildman–Crippen MR) is 59.3 cm³/mol. The molecule has 0 aliphatic heterocycles. The molecule has 0 atom stereocenters. The van der Waals surface area contributed by atoms with Crippen LogP contribution in [0.15, 0.2) is 12.3 Å². The van der Waals surface area contributed by atoms with Gasteiger partial charge in [-0.25, -0.2) is 9.78 Å². The molecule has 84 valence electrons. The molecule has 0 radical (unpaired) electrons. The summed E-state index contributed by atoms with van der Waals surface area (Å²) in [5.41, 5.74) is 0.447. The van der Waals surface area contributed by atoms with Crippen LogP contribution in [0, 0.1) is 11.8 Å². The van der Waals surface area contributed by atoms with Gasteiger partial charge >= 0.3 is 5.97 Å². The summed E-state index contributed by atoms with van der Waals surface area (Å²) >= 11 is 5.75. The van der Waals surface area contributed by atoms with Gasteiger partial charge in [0.1, 0.15) is 0 Å². The number of carbonyl (C=O) groups is 1. The number of hydrogen-bond acceptors (Lipinski definition) is 4. The lowest BCUT2D eigenvalue weighted by Crippen LogP contribution is -2.00. The molecule has 16 heavy (non-hydrogen) atoms. The molecule has 0 unspecified atom stereocenters. The highest BCUT2D eigenvalue weighted by Crippen LogP contribution is 2.17. The summed E-state index contributed by atoms with van der Waals surface area (Å²) < 4.78 is 9.63. The summed E-state index contributed by atoms with van der Waals surface area (Å²) in [4.78, 5) is 14.9. The van der Waals surface area contributed by atoms with Crippen LogP contribution >= 0.6 is 11.6 Å². The lowest BCUT2D eigenvalue weighted by molar-refractivity contribution is -0.136. The Hall–Kier alpha value is -1.73. The molecule has 0 N–H and O–H groups in total. The van der Waals surface area contributed by atoms with Crippen molar-refractivity contribution in [3.05, 3.63) is 22.8 Å². The Morgan fingerprint density at radius 1 is 1.62 bits per heavy atom. The quantitative estimate of drug-likeness (QED) is 0.582. The van der Waals surface area contributed by atoms with E-state index in [0.717, 1.165) is 0 Å². The number of methoxy groups -OCH3 is 1. The Morgan fingerprint density at radius 3 is 3.00 bits per heavy atom. The topological polar surface area (TPSA) is 48.4 Å². The maximum Gasteiger partial charge on any atom is 0.384 e. The summed E-state index contributed by atoms with van der Waals surface area (Å²) in [7, 11) is 1.46. The van der Waals surface area contributed by atoms with Crippen LogP contribution in [0.3, 0.4) is 0 Å². The van der Waals surface area contributed by atoms with Crippen molar-refractivity contribution in [1.29, 1.82) is 0 Å². The molecule has 0 amide bonds. The fourth-order valence-electron chi connectivity index (χ4n) is 0.964. The molecule has 1 heterocycles. The van der Waals surface area contributed by atoms with Gasteiger partial charge in [0.2, 0.25) is 5.88 Å². The Balaban J connectivity index is 2.94. The van der Waals surface area contributed by atoms with E-state index in [1.54, 1.807) is 13.0 Å². The van der Waals surface area contributed by atoms with Gasteiger partial charge in [0, 0.05) is 12.1 Å². The van der Waals surface area contributed by atoms with Crippen LogP contribution in [0.4, 0.5) is 0 Å². The molecule has 0 aliphatic rings. The first kappa shape index (κ1) is 12.3. The van der Waals surface area contributed by atoms with Crippen LogP contribution in [0.1, 0.15) is 12.5 Å². The number of aromatic nitrogens is 1. The lowest BCUT2D eigenvalue weighted by Gasteiger charge is -2.01. The van der Waals surface area contributed by atoms with Gasteiger partial charge in [0.05, 0.1) is 24.3 Å². The summed E-state index contributed by atoms with van der Waals surface area (Å²) in [5.74, 6) is 4.63. The minimum absolute atomic E-state index is 0.290. The van der Waals surface area contributed by atoms with Crippen molar-refractivity contribution in [1.82, 2.24) is 4.98 Å².